The first-order chi connectivity index (χ1) is 23.7. The van der Waals surface area contributed by atoms with Crippen LogP contribution in [0.2, 0.25) is 0 Å². The van der Waals surface area contributed by atoms with Crippen LogP contribution in [0.1, 0.15) is 58.1 Å². The number of amides is 4. The number of benzene rings is 2. The van der Waals surface area contributed by atoms with E-state index in [9.17, 15) is 19.2 Å². The summed E-state index contributed by atoms with van der Waals surface area (Å²) in [5.74, 6) is -0.0139. The molecular weight excluding hydrogens is 620 g/mol. The molecule has 4 amide bonds. The molecule has 0 bridgehead atoms. The van der Waals surface area contributed by atoms with Crippen molar-refractivity contribution in [1.82, 2.24) is 30.3 Å². The Balaban J connectivity index is 1.08. The van der Waals surface area contributed by atoms with Gasteiger partial charge in [0.2, 0.25) is 17.7 Å². The molecule has 252 valence electrons. The maximum atomic E-state index is 14.4. The number of carbonyl (C=O) groups is 4. The smallest absolute Gasteiger partial charge is 0.271 e. The van der Waals surface area contributed by atoms with Crippen LogP contribution in [-0.4, -0.2) is 75.3 Å². The van der Waals surface area contributed by atoms with Gasteiger partial charge in [-0.3, -0.25) is 24.3 Å². The molecule has 0 saturated carbocycles. The minimum Gasteiger partial charge on any atom is -0.337 e. The number of aromatic nitrogens is 3. The fourth-order valence-corrected chi connectivity index (χ4v) is 7.54. The molecule has 1 atom stereocenters. The summed E-state index contributed by atoms with van der Waals surface area (Å²) in [5, 5.41) is 15.8. The molecule has 1 spiro atoms. The van der Waals surface area contributed by atoms with Crippen LogP contribution in [0.15, 0.2) is 73.1 Å². The van der Waals surface area contributed by atoms with Crippen LogP contribution in [0.4, 0.5) is 11.5 Å². The van der Waals surface area contributed by atoms with Crippen molar-refractivity contribution in [2.45, 2.75) is 51.1 Å². The highest BCUT2D eigenvalue weighted by atomic mass is 16.2. The van der Waals surface area contributed by atoms with Crippen molar-refractivity contribution in [3.8, 4) is 0 Å². The van der Waals surface area contributed by atoms with Gasteiger partial charge in [-0.25, -0.2) is 4.98 Å². The summed E-state index contributed by atoms with van der Waals surface area (Å²) in [6.07, 6.45) is 5.25. The van der Waals surface area contributed by atoms with Gasteiger partial charge in [-0.15, -0.1) is 0 Å². The lowest BCUT2D eigenvalue weighted by atomic mass is 9.78. The number of hydrogen-bond acceptors (Lipinski definition) is 7. The maximum Gasteiger partial charge on any atom is 0.271 e. The SMILES string of the molecule is CNCc1ccccc1CN(CC(=O)Nc1ccc2c(c1)C[C@@]1(C2)C(=O)Nc2ncccc21)C(=O)C1(C)CCN(C(=O)c2ccn[nH]2)CC1. The van der Waals surface area contributed by atoms with E-state index in [0.717, 1.165) is 27.8 Å². The Morgan fingerprint density at radius 2 is 1.73 bits per heavy atom. The third kappa shape index (κ3) is 6.08. The molecule has 3 aliphatic rings. The number of hydrogen-bond donors (Lipinski definition) is 4. The van der Waals surface area contributed by atoms with E-state index in [0.29, 0.717) is 62.5 Å². The monoisotopic (exact) mass is 660 g/mol. The van der Waals surface area contributed by atoms with Crippen molar-refractivity contribution in [3.63, 3.8) is 0 Å². The molecule has 12 heteroatoms. The van der Waals surface area contributed by atoms with Gasteiger partial charge in [-0.2, -0.15) is 5.10 Å². The summed E-state index contributed by atoms with van der Waals surface area (Å²) in [7, 11) is 1.87. The number of nitrogens with one attached hydrogen (secondary N) is 4. The lowest BCUT2D eigenvalue weighted by Gasteiger charge is -2.41. The van der Waals surface area contributed by atoms with Crippen LogP contribution in [0.3, 0.4) is 0 Å². The first-order valence-corrected chi connectivity index (χ1v) is 16.7. The summed E-state index contributed by atoms with van der Waals surface area (Å²) in [4.78, 5) is 61.9. The average molecular weight is 661 g/mol. The second kappa shape index (κ2) is 12.9. The highest BCUT2D eigenvalue weighted by molar-refractivity contribution is 6.06. The number of pyridine rings is 1. The van der Waals surface area contributed by atoms with E-state index in [-0.39, 0.29) is 36.7 Å². The van der Waals surface area contributed by atoms with Crippen LogP contribution in [0, 0.1) is 5.41 Å². The van der Waals surface area contributed by atoms with Crippen LogP contribution in [0.5, 0.6) is 0 Å². The van der Waals surface area contributed by atoms with Crippen molar-refractivity contribution >= 4 is 35.1 Å². The molecule has 2 aromatic carbocycles. The molecular formula is C37H40N8O4. The summed E-state index contributed by atoms with van der Waals surface area (Å²) < 4.78 is 0. The minimum absolute atomic E-state index is 0.0549. The molecule has 7 rings (SSSR count). The van der Waals surface area contributed by atoms with Crippen molar-refractivity contribution in [3.05, 3.63) is 107 Å². The first-order valence-electron chi connectivity index (χ1n) is 16.7. The molecule has 0 unspecified atom stereocenters. The first kappa shape index (κ1) is 32.2. The number of rotatable bonds is 9. The molecule has 1 aliphatic carbocycles. The van der Waals surface area contributed by atoms with Gasteiger partial charge in [0.1, 0.15) is 18.1 Å². The third-order valence-electron chi connectivity index (χ3n) is 10.3. The second-order valence-electron chi connectivity index (χ2n) is 13.6. The number of fused-ring (bicyclic) bond motifs is 3. The lowest BCUT2D eigenvalue weighted by Crippen LogP contribution is -2.51. The summed E-state index contributed by atoms with van der Waals surface area (Å²) in [6, 6.07) is 19.1. The van der Waals surface area contributed by atoms with Gasteiger partial charge >= 0.3 is 0 Å². The van der Waals surface area contributed by atoms with E-state index in [1.165, 1.54) is 0 Å². The highest BCUT2D eigenvalue weighted by Gasteiger charge is 2.51. The van der Waals surface area contributed by atoms with E-state index in [2.05, 4.69) is 31.1 Å². The van der Waals surface area contributed by atoms with Crippen molar-refractivity contribution in [2.75, 3.05) is 37.3 Å². The molecule has 2 aromatic heterocycles. The number of anilines is 2. The number of H-pyrrole nitrogens is 1. The van der Waals surface area contributed by atoms with Gasteiger partial charge < -0.3 is 25.8 Å². The lowest BCUT2D eigenvalue weighted by molar-refractivity contribution is -0.146. The van der Waals surface area contributed by atoms with Gasteiger partial charge in [0.15, 0.2) is 0 Å². The standard InChI is InChI=1S/C37H40N8O4/c1-36(12-16-44(17-13-36)33(47)30-11-15-40-43-30)35(49)45(22-26-7-4-3-6-25(26)21-38-2)23-31(46)41-28-10-9-24-19-37(20-27(24)18-28)29-8-5-14-39-32(29)42-34(37)48/h3-11,14-15,18,38H,12-13,16-17,19-23H2,1-2H3,(H,40,43)(H,41,46)(H,39,42,48)/t37-/m1/s1. The van der Waals surface area contributed by atoms with E-state index in [1.807, 2.05) is 68.6 Å². The zero-order valence-corrected chi connectivity index (χ0v) is 27.7. The summed E-state index contributed by atoms with van der Waals surface area (Å²) >= 11 is 0. The Labute approximate surface area is 284 Å². The summed E-state index contributed by atoms with van der Waals surface area (Å²) in [5.41, 5.74) is 4.56. The molecule has 2 aliphatic heterocycles. The van der Waals surface area contributed by atoms with Crippen LogP contribution in [0.25, 0.3) is 0 Å². The Kier molecular flexibility index (Phi) is 8.49. The minimum atomic E-state index is -0.752. The number of piperidine rings is 1. The van der Waals surface area contributed by atoms with Gasteiger partial charge in [0.25, 0.3) is 5.91 Å². The normalized spacial score (nSPS) is 18.9. The third-order valence-corrected chi connectivity index (χ3v) is 10.3. The molecule has 4 N–H and O–H groups in total. The predicted molar refractivity (Wildman–Crippen MR) is 183 cm³/mol. The molecule has 1 saturated heterocycles. The number of nitrogens with zero attached hydrogens (tertiary/aromatic N) is 4. The number of aromatic amines is 1. The average Bonchev–Trinajstić information content (AvgIpc) is 3.84. The van der Waals surface area contributed by atoms with E-state index in [1.54, 1.807) is 28.3 Å². The zero-order valence-electron chi connectivity index (χ0n) is 27.7. The quantitative estimate of drug-likeness (QED) is 0.215. The number of likely N-dealkylation sites (tertiary alicyclic amines) is 1. The van der Waals surface area contributed by atoms with Crippen LogP contribution < -0.4 is 16.0 Å². The second-order valence-corrected chi connectivity index (χ2v) is 13.6. The van der Waals surface area contributed by atoms with Gasteiger partial charge in [-0.1, -0.05) is 43.3 Å². The topological polar surface area (TPSA) is 152 Å². The van der Waals surface area contributed by atoms with Crippen LogP contribution in [-0.2, 0) is 45.7 Å². The Morgan fingerprint density at radius 3 is 2.49 bits per heavy atom. The number of carbonyl (C=O) groups excluding carboxylic acids is 4. The summed E-state index contributed by atoms with van der Waals surface area (Å²) in [6.45, 7) is 3.53. The Morgan fingerprint density at radius 1 is 0.959 bits per heavy atom. The van der Waals surface area contributed by atoms with Crippen molar-refractivity contribution in [2.24, 2.45) is 5.41 Å². The highest BCUT2D eigenvalue weighted by Crippen LogP contribution is 2.47. The van der Waals surface area contributed by atoms with E-state index < -0.39 is 10.8 Å². The Bertz CT molecular complexity index is 1920. The van der Waals surface area contributed by atoms with Crippen LogP contribution >= 0.6 is 0 Å². The molecule has 1 fully saturated rings. The van der Waals surface area contributed by atoms with Crippen molar-refractivity contribution < 1.29 is 19.2 Å². The van der Waals surface area contributed by atoms with Gasteiger partial charge in [0.05, 0.1) is 5.41 Å². The van der Waals surface area contributed by atoms with E-state index in [4.69, 9.17) is 0 Å². The van der Waals surface area contributed by atoms with Gasteiger partial charge in [0, 0.05) is 55.2 Å². The van der Waals surface area contributed by atoms with Gasteiger partial charge in [-0.05, 0) is 79.3 Å². The Hall–Kier alpha value is -5.36. The zero-order chi connectivity index (χ0) is 34.2. The molecule has 0 radical (unpaired) electrons. The molecule has 4 aromatic rings. The molecule has 49 heavy (non-hydrogen) atoms. The van der Waals surface area contributed by atoms with Crippen molar-refractivity contribution in [1.29, 1.82) is 0 Å². The fourth-order valence-electron chi connectivity index (χ4n) is 7.54. The van der Waals surface area contributed by atoms with E-state index >= 15 is 0 Å². The molecule has 12 nitrogen and oxygen atoms in total. The molecule has 4 heterocycles. The fraction of sp³-hybridized carbons (Fsp3) is 0.351. The predicted octanol–water partition coefficient (Wildman–Crippen LogP) is 3.42. The maximum absolute atomic E-state index is 14.4. The largest absolute Gasteiger partial charge is 0.337 e.